The van der Waals surface area contributed by atoms with Crippen LogP contribution in [-0.4, -0.2) is 43.0 Å². The second kappa shape index (κ2) is 5.82. The molecule has 0 bridgehead atoms. The molecular weight excluding hydrogens is 294 g/mol. The molecule has 0 aliphatic carbocycles. The minimum absolute atomic E-state index is 0.102. The number of nitrogens with zero attached hydrogens (tertiary/aromatic N) is 2. The number of amides is 1. The average molecular weight is 312 g/mol. The van der Waals surface area contributed by atoms with Crippen LogP contribution in [-0.2, 0) is 4.79 Å². The molecule has 1 saturated heterocycles. The third-order valence-corrected chi connectivity index (χ3v) is 4.01. The number of benzene rings is 1. The van der Waals surface area contributed by atoms with E-state index in [4.69, 9.17) is 5.73 Å². The van der Waals surface area contributed by atoms with Crippen LogP contribution in [0.15, 0.2) is 28.7 Å². The van der Waals surface area contributed by atoms with Crippen LogP contribution in [0.25, 0.3) is 0 Å². The summed E-state index contributed by atoms with van der Waals surface area (Å²) in [6, 6.07) is 7.72. The summed E-state index contributed by atoms with van der Waals surface area (Å²) in [4.78, 5) is 16.4. The Hall–Kier alpha value is -0.910. The first-order valence-corrected chi connectivity index (χ1v) is 6.94. The van der Waals surface area contributed by atoms with E-state index in [1.807, 2.05) is 36.1 Å². The quantitative estimate of drug-likeness (QED) is 0.919. The Morgan fingerprint density at radius 3 is 2.78 bits per heavy atom. The van der Waals surface area contributed by atoms with E-state index in [9.17, 15) is 4.79 Å². The summed E-state index contributed by atoms with van der Waals surface area (Å²) < 4.78 is 0.956. The fourth-order valence-electron chi connectivity index (χ4n) is 2.30. The Morgan fingerprint density at radius 2 is 2.11 bits per heavy atom. The van der Waals surface area contributed by atoms with Crippen molar-refractivity contribution in [1.29, 1.82) is 0 Å². The minimum atomic E-state index is -0.102. The summed E-state index contributed by atoms with van der Waals surface area (Å²) in [6.07, 6.45) is 0. The number of anilines is 1. The van der Waals surface area contributed by atoms with Gasteiger partial charge in [-0.05, 0) is 35.0 Å². The summed E-state index contributed by atoms with van der Waals surface area (Å²) in [6.45, 7) is 4.89. The Kier molecular flexibility index (Phi) is 4.37. The topological polar surface area (TPSA) is 49.6 Å². The molecular formula is C13H18BrN3O. The van der Waals surface area contributed by atoms with Crippen molar-refractivity contribution >= 4 is 27.5 Å². The van der Waals surface area contributed by atoms with E-state index in [1.165, 1.54) is 0 Å². The average Bonchev–Trinajstić information content (AvgIpc) is 2.37. The van der Waals surface area contributed by atoms with E-state index in [2.05, 4.69) is 20.8 Å². The molecule has 1 unspecified atom stereocenters. The van der Waals surface area contributed by atoms with Gasteiger partial charge in [0.15, 0.2) is 0 Å². The highest BCUT2D eigenvalue weighted by molar-refractivity contribution is 9.10. The first kappa shape index (κ1) is 13.5. The highest BCUT2D eigenvalue weighted by atomic mass is 79.9. The van der Waals surface area contributed by atoms with Crippen LogP contribution in [0.4, 0.5) is 5.69 Å². The maximum atomic E-state index is 12.4. The van der Waals surface area contributed by atoms with Crippen LogP contribution in [0.3, 0.4) is 0 Å². The van der Waals surface area contributed by atoms with Gasteiger partial charge in [-0.3, -0.25) is 9.69 Å². The molecule has 18 heavy (non-hydrogen) atoms. The molecule has 1 aromatic rings. The van der Waals surface area contributed by atoms with E-state index < -0.39 is 0 Å². The summed E-state index contributed by atoms with van der Waals surface area (Å²) in [7, 11) is 0. The molecule has 0 spiro atoms. The lowest BCUT2D eigenvalue weighted by molar-refractivity contribution is -0.125. The summed E-state index contributed by atoms with van der Waals surface area (Å²) in [5.74, 6) is 0.140. The zero-order valence-corrected chi connectivity index (χ0v) is 12.1. The lowest BCUT2D eigenvalue weighted by Crippen LogP contribution is -2.57. The lowest BCUT2D eigenvalue weighted by atomic mass is 10.1. The summed E-state index contributed by atoms with van der Waals surface area (Å²) in [5.41, 5.74) is 6.51. The molecule has 1 heterocycles. The second-order valence-corrected chi connectivity index (χ2v) is 5.30. The van der Waals surface area contributed by atoms with Gasteiger partial charge in [-0.15, -0.1) is 0 Å². The van der Waals surface area contributed by atoms with Crippen molar-refractivity contribution in [3.63, 3.8) is 0 Å². The molecule has 2 N–H and O–H groups in total. The normalized spacial score (nSPS) is 21.4. The molecule has 1 aromatic carbocycles. The number of hydrogen-bond acceptors (Lipinski definition) is 3. The Balaban J connectivity index is 2.18. The van der Waals surface area contributed by atoms with Crippen LogP contribution < -0.4 is 10.6 Å². The van der Waals surface area contributed by atoms with Crippen LogP contribution in [0.1, 0.15) is 6.92 Å². The van der Waals surface area contributed by atoms with Crippen molar-refractivity contribution in [1.82, 2.24) is 4.90 Å². The summed E-state index contributed by atoms with van der Waals surface area (Å²) >= 11 is 3.50. The van der Waals surface area contributed by atoms with Gasteiger partial charge >= 0.3 is 0 Å². The van der Waals surface area contributed by atoms with Gasteiger partial charge in [0.05, 0.1) is 11.7 Å². The van der Waals surface area contributed by atoms with Gasteiger partial charge < -0.3 is 10.6 Å². The van der Waals surface area contributed by atoms with Gasteiger partial charge in [-0.1, -0.05) is 12.1 Å². The van der Waals surface area contributed by atoms with E-state index >= 15 is 0 Å². The molecule has 0 saturated carbocycles. The van der Waals surface area contributed by atoms with Crippen molar-refractivity contribution in [3.8, 4) is 0 Å². The zero-order valence-electron chi connectivity index (χ0n) is 10.5. The fourth-order valence-corrected chi connectivity index (χ4v) is 2.79. The predicted octanol–water partition coefficient (Wildman–Crippen LogP) is 1.44. The molecule has 0 radical (unpaired) electrons. The van der Waals surface area contributed by atoms with Gasteiger partial charge in [0.2, 0.25) is 5.91 Å². The fraction of sp³-hybridized carbons (Fsp3) is 0.462. The van der Waals surface area contributed by atoms with E-state index in [1.54, 1.807) is 0 Å². The SMILES string of the molecule is CC1C(=O)N(c2ccccc2Br)CCN1CCN. The number of para-hydroxylation sites is 1. The monoisotopic (exact) mass is 311 g/mol. The minimum Gasteiger partial charge on any atom is -0.329 e. The number of piperazine rings is 1. The van der Waals surface area contributed by atoms with Crippen molar-refractivity contribution in [2.24, 2.45) is 5.73 Å². The number of hydrogen-bond donors (Lipinski definition) is 1. The third kappa shape index (κ3) is 2.58. The zero-order chi connectivity index (χ0) is 13.1. The van der Waals surface area contributed by atoms with Gasteiger partial charge in [0.1, 0.15) is 0 Å². The number of halogens is 1. The molecule has 1 fully saturated rings. The molecule has 0 aromatic heterocycles. The number of carbonyl (C=O) groups excluding carboxylic acids is 1. The van der Waals surface area contributed by atoms with Crippen molar-refractivity contribution in [2.75, 3.05) is 31.1 Å². The molecule has 98 valence electrons. The Labute approximate surface area is 116 Å². The number of carbonyl (C=O) groups is 1. The van der Waals surface area contributed by atoms with Crippen molar-refractivity contribution in [2.45, 2.75) is 13.0 Å². The maximum Gasteiger partial charge on any atom is 0.244 e. The van der Waals surface area contributed by atoms with Crippen LogP contribution >= 0.6 is 15.9 Å². The van der Waals surface area contributed by atoms with Crippen molar-refractivity contribution < 1.29 is 4.79 Å². The first-order valence-electron chi connectivity index (χ1n) is 6.15. The van der Waals surface area contributed by atoms with Gasteiger partial charge in [0.25, 0.3) is 0 Å². The largest absolute Gasteiger partial charge is 0.329 e. The molecule has 4 nitrogen and oxygen atoms in total. The van der Waals surface area contributed by atoms with Crippen LogP contribution in [0.2, 0.25) is 0 Å². The van der Waals surface area contributed by atoms with Crippen LogP contribution in [0, 0.1) is 0 Å². The molecule has 1 amide bonds. The van der Waals surface area contributed by atoms with Crippen molar-refractivity contribution in [3.05, 3.63) is 28.7 Å². The highest BCUT2D eigenvalue weighted by Gasteiger charge is 2.32. The molecule has 5 heteroatoms. The van der Waals surface area contributed by atoms with Crippen LogP contribution in [0.5, 0.6) is 0 Å². The Morgan fingerprint density at radius 1 is 1.39 bits per heavy atom. The maximum absolute atomic E-state index is 12.4. The molecule has 1 aliphatic heterocycles. The number of nitrogens with two attached hydrogens (primary N) is 1. The second-order valence-electron chi connectivity index (χ2n) is 4.44. The Bertz CT molecular complexity index is 438. The highest BCUT2D eigenvalue weighted by Crippen LogP contribution is 2.28. The number of rotatable bonds is 3. The van der Waals surface area contributed by atoms with Gasteiger partial charge in [-0.2, -0.15) is 0 Å². The smallest absolute Gasteiger partial charge is 0.244 e. The van der Waals surface area contributed by atoms with E-state index in [-0.39, 0.29) is 11.9 Å². The molecule has 1 atom stereocenters. The first-order chi connectivity index (χ1) is 8.65. The van der Waals surface area contributed by atoms with Gasteiger partial charge in [0, 0.05) is 30.7 Å². The predicted molar refractivity (Wildman–Crippen MR) is 76.6 cm³/mol. The van der Waals surface area contributed by atoms with Gasteiger partial charge in [-0.25, -0.2) is 0 Å². The third-order valence-electron chi connectivity index (χ3n) is 3.34. The summed E-state index contributed by atoms with van der Waals surface area (Å²) in [5, 5.41) is 0. The van der Waals surface area contributed by atoms with E-state index in [0.717, 1.165) is 23.2 Å². The van der Waals surface area contributed by atoms with E-state index in [0.29, 0.717) is 13.1 Å². The standard InChI is InChI=1S/C13H18BrN3O/c1-10-13(18)17(9-8-16(10)7-6-15)12-5-3-2-4-11(12)14/h2-5,10H,6-9,15H2,1H3. The lowest BCUT2D eigenvalue weighted by Gasteiger charge is -2.39. The molecule has 1 aliphatic rings. The molecule has 2 rings (SSSR count).